The van der Waals surface area contributed by atoms with Crippen molar-refractivity contribution in [2.75, 3.05) is 0 Å². The normalized spacial score (nSPS) is 9.50. The van der Waals surface area contributed by atoms with Crippen molar-refractivity contribution < 1.29 is 23.8 Å². The summed E-state index contributed by atoms with van der Waals surface area (Å²) in [6, 6.07) is 2.62. The summed E-state index contributed by atoms with van der Waals surface area (Å²) in [4.78, 5) is 13.4. The summed E-state index contributed by atoms with van der Waals surface area (Å²) in [5.41, 5.74) is -0.256. The van der Waals surface area contributed by atoms with Gasteiger partial charge in [-0.25, -0.2) is 9.18 Å². The molecule has 12 heavy (non-hydrogen) atoms. The minimum Gasteiger partial charge on any atom is -0.478 e. The first-order valence-corrected chi connectivity index (χ1v) is 2.96. The van der Waals surface area contributed by atoms with E-state index in [9.17, 15) is 13.7 Å². The fourth-order valence-electron chi connectivity index (χ4n) is 0.696. The molecule has 1 N–H and O–H groups in total. The molecular formula is C7H4F2O3. The average Bonchev–Trinajstić information content (AvgIpc) is 2.04. The first-order chi connectivity index (χ1) is 5.65. The molecule has 0 aliphatic heterocycles. The van der Waals surface area contributed by atoms with Gasteiger partial charge in [-0.1, -0.05) is 0 Å². The first kappa shape index (κ1) is 8.45. The minimum atomic E-state index is -1.28. The van der Waals surface area contributed by atoms with Crippen LogP contribution in [0.1, 0.15) is 10.4 Å². The molecule has 0 radical (unpaired) electrons. The summed E-state index contributed by atoms with van der Waals surface area (Å²) < 4.78 is 24.0. The molecule has 0 aliphatic carbocycles. The number of carboxylic acids is 1. The highest BCUT2D eigenvalue weighted by Crippen LogP contribution is 2.18. The molecule has 1 rings (SSSR count). The summed E-state index contributed by atoms with van der Waals surface area (Å²) in [6.07, 6.45) is 0. The largest absolute Gasteiger partial charge is 0.478 e. The molecule has 0 aliphatic rings. The minimum absolute atomic E-state index is 0.256. The van der Waals surface area contributed by atoms with Gasteiger partial charge < -0.3 is 5.11 Å². The van der Waals surface area contributed by atoms with Crippen LogP contribution in [-0.4, -0.2) is 11.1 Å². The van der Waals surface area contributed by atoms with E-state index in [2.05, 4.69) is 4.94 Å². The number of aromatic carboxylic acids is 1. The lowest BCUT2D eigenvalue weighted by Gasteiger charge is -1.97. The Labute approximate surface area is 66.1 Å². The Morgan fingerprint density at radius 2 is 2.17 bits per heavy atom. The Morgan fingerprint density at radius 1 is 1.50 bits per heavy atom. The van der Waals surface area contributed by atoms with E-state index >= 15 is 0 Å². The van der Waals surface area contributed by atoms with Crippen molar-refractivity contribution in [3.8, 4) is 5.75 Å². The lowest BCUT2D eigenvalue weighted by molar-refractivity contribution is -0.0107. The highest BCUT2D eigenvalue weighted by atomic mass is 19.3. The highest BCUT2D eigenvalue weighted by Gasteiger charge is 2.09. The number of carboxylic acid groups (broad SMARTS) is 1. The van der Waals surface area contributed by atoms with Gasteiger partial charge in [-0.3, -0.25) is 4.94 Å². The molecule has 0 fully saturated rings. The SMILES string of the molecule is O=C(O)c1ccc(OF)c(F)c1. The van der Waals surface area contributed by atoms with Gasteiger partial charge in [0.1, 0.15) is 0 Å². The molecule has 3 nitrogen and oxygen atoms in total. The lowest BCUT2D eigenvalue weighted by atomic mass is 10.2. The van der Waals surface area contributed by atoms with Crippen LogP contribution in [0.3, 0.4) is 0 Å². The van der Waals surface area contributed by atoms with Gasteiger partial charge in [0.2, 0.25) is 5.75 Å². The Hall–Kier alpha value is -1.65. The molecule has 0 aromatic heterocycles. The smallest absolute Gasteiger partial charge is 0.335 e. The summed E-state index contributed by atoms with van der Waals surface area (Å²) >= 11 is 0. The van der Waals surface area contributed by atoms with Gasteiger partial charge in [-0.05, 0) is 18.2 Å². The molecular weight excluding hydrogens is 170 g/mol. The number of carbonyl (C=O) groups is 1. The van der Waals surface area contributed by atoms with Crippen molar-refractivity contribution >= 4 is 5.97 Å². The van der Waals surface area contributed by atoms with Crippen molar-refractivity contribution in [1.82, 2.24) is 0 Å². The molecule has 64 valence electrons. The maximum absolute atomic E-state index is 12.6. The van der Waals surface area contributed by atoms with E-state index in [-0.39, 0.29) is 5.56 Å². The Morgan fingerprint density at radius 3 is 2.58 bits per heavy atom. The first-order valence-electron chi connectivity index (χ1n) is 2.96. The van der Waals surface area contributed by atoms with Crippen LogP contribution in [-0.2, 0) is 0 Å². The molecule has 0 spiro atoms. The van der Waals surface area contributed by atoms with Crippen LogP contribution in [0.2, 0.25) is 0 Å². The van der Waals surface area contributed by atoms with Crippen LogP contribution in [0.25, 0.3) is 0 Å². The zero-order chi connectivity index (χ0) is 9.14. The number of halogens is 2. The van der Waals surface area contributed by atoms with Gasteiger partial charge >= 0.3 is 5.97 Å². The van der Waals surface area contributed by atoms with E-state index in [1.165, 1.54) is 0 Å². The van der Waals surface area contributed by atoms with Crippen molar-refractivity contribution in [3.63, 3.8) is 0 Å². The van der Waals surface area contributed by atoms with Crippen LogP contribution in [0, 0.1) is 5.82 Å². The van der Waals surface area contributed by atoms with E-state index < -0.39 is 17.5 Å². The molecule has 1 aromatic rings. The summed E-state index contributed by atoms with van der Waals surface area (Å²) in [5.74, 6) is -2.95. The van der Waals surface area contributed by atoms with E-state index in [4.69, 9.17) is 5.11 Å². The van der Waals surface area contributed by atoms with Crippen molar-refractivity contribution in [3.05, 3.63) is 29.6 Å². The summed E-state index contributed by atoms with van der Waals surface area (Å²) in [7, 11) is 0. The Kier molecular flexibility index (Phi) is 2.23. The van der Waals surface area contributed by atoms with Crippen molar-refractivity contribution in [1.29, 1.82) is 0 Å². The van der Waals surface area contributed by atoms with Crippen LogP contribution >= 0.6 is 0 Å². The zero-order valence-corrected chi connectivity index (χ0v) is 5.75. The molecule has 0 heterocycles. The number of rotatable bonds is 2. The van der Waals surface area contributed by atoms with Crippen LogP contribution in [0.15, 0.2) is 18.2 Å². The fraction of sp³-hybridized carbons (Fsp3) is 0. The zero-order valence-electron chi connectivity index (χ0n) is 5.75. The third-order valence-electron chi connectivity index (χ3n) is 1.26. The second kappa shape index (κ2) is 3.17. The second-order valence-electron chi connectivity index (χ2n) is 2.03. The molecule has 5 heteroatoms. The van der Waals surface area contributed by atoms with Crippen molar-refractivity contribution in [2.45, 2.75) is 0 Å². The molecule has 0 bridgehead atoms. The maximum Gasteiger partial charge on any atom is 0.335 e. The van der Waals surface area contributed by atoms with Gasteiger partial charge in [-0.2, -0.15) is 0 Å². The average molecular weight is 174 g/mol. The molecule has 1 aromatic carbocycles. The van der Waals surface area contributed by atoms with E-state index in [1.807, 2.05) is 0 Å². The number of benzene rings is 1. The molecule has 0 atom stereocenters. The summed E-state index contributed by atoms with van der Waals surface area (Å²) in [6.45, 7) is 0. The van der Waals surface area contributed by atoms with Crippen LogP contribution < -0.4 is 4.94 Å². The van der Waals surface area contributed by atoms with Crippen LogP contribution in [0.4, 0.5) is 8.92 Å². The summed E-state index contributed by atoms with van der Waals surface area (Å²) in [5, 5.41) is 8.37. The van der Waals surface area contributed by atoms with Gasteiger partial charge in [0.05, 0.1) is 5.56 Å². The predicted octanol–water partition coefficient (Wildman–Crippen LogP) is 1.79. The number of hydrogen-bond donors (Lipinski definition) is 1. The topological polar surface area (TPSA) is 46.5 Å². The van der Waals surface area contributed by atoms with Gasteiger partial charge in [0.25, 0.3) is 0 Å². The third kappa shape index (κ3) is 1.50. The number of hydrogen-bond acceptors (Lipinski definition) is 2. The molecule has 0 saturated heterocycles. The standard InChI is InChI=1S/C7H4F2O3/c8-5-3-4(7(10)11)1-2-6(5)12-9/h1-3H,(H,10,11). The van der Waals surface area contributed by atoms with E-state index in [0.717, 1.165) is 12.1 Å². The van der Waals surface area contributed by atoms with Gasteiger partial charge in [-0.15, -0.1) is 0 Å². The quantitative estimate of drug-likeness (QED) is 0.743. The lowest BCUT2D eigenvalue weighted by Crippen LogP contribution is -1.97. The van der Waals surface area contributed by atoms with Crippen LogP contribution in [0.5, 0.6) is 5.75 Å². The molecule has 0 saturated carbocycles. The third-order valence-corrected chi connectivity index (χ3v) is 1.26. The van der Waals surface area contributed by atoms with Gasteiger partial charge in [0, 0.05) is 4.53 Å². The van der Waals surface area contributed by atoms with E-state index in [1.54, 1.807) is 0 Å². The van der Waals surface area contributed by atoms with Gasteiger partial charge in [0.15, 0.2) is 5.82 Å². The Bertz CT molecular complexity index is 312. The highest BCUT2D eigenvalue weighted by molar-refractivity contribution is 5.87. The Balaban J connectivity index is 3.10. The molecule has 0 amide bonds. The predicted molar refractivity (Wildman–Crippen MR) is 35.1 cm³/mol. The fourth-order valence-corrected chi connectivity index (χ4v) is 0.696. The van der Waals surface area contributed by atoms with Crippen molar-refractivity contribution in [2.24, 2.45) is 0 Å². The van der Waals surface area contributed by atoms with E-state index in [0.29, 0.717) is 6.07 Å². The second-order valence-corrected chi connectivity index (χ2v) is 2.03. The monoisotopic (exact) mass is 174 g/mol. The molecule has 0 unspecified atom stereocenters. The maximum atomic E-state index is 12.6.